The number of piperazine rings is 1. The molecule has 0 aromatic heterocycles. The number of aryl methyl sites for hydroxylation is 1. The summed E-state index contributed by atoms with van der Waals surface area (Å²) in [5.74, 6) is 0.0965. The normalized spacial score (nSPS) is 24.0. The van der Waals surface area contributed by atoms with Gasteiger partial charge in [0, 0.05) is 44.8 Å². The molecule has 1 aromatic rings. The number of hydrogen-bond donors (Lipinski definition) is 1. The fourth-order valence-corrected chi connectivity index (χ4v) is 4.77. The topological polar surface area (TPSA) is 70.1 Å². The van der Waals surface area contributed by atoms with Gasteiger partial charge in [-0.25, -0.2) is 0 Å². The number of carboxylic acid groups (broad SMARTS) is 1. The van der Waals surface area contributed by atoms with Crippen LogP contribution in [0.4, 0.5) is 5.69 Å². The maximum atomic E-state index is 12.2. The Labute approximate surface area is 167 Å². The van der Waals surface area contributed by atoms with Crippen LogP contribution in [0.5, 0.6) is 0 Å². The standard InChI is InChI=1S/C21H30N2O2.CH2O2/c1-17-4-6-18(7-5-17)23-14-12-22(13-15-23)11-8-19-16-21(20(24)25-19)9-2-3-10-21;2-1-3/h4-7,19H,2-3,8-16H2,1H3;1H,(H,2,3). The maximum Gasteiger partial charge on any atom is 0.312 e. The lowest BCUT2D eigenvalue weighted by Crippen LogP contribution is -2.47. The zero-order valence-electron chi connectivity index (χ0n) is 16.8. The van der Waals surface area contributed by atoms with E-state index in [-0.39, 0.29) is 24.0 Å². The number of ether oxygens (including phenoxy) is 1. The number of benzene rings is 1. The van der Waals surface area contributed by atoms with Crippen LogP contribution >= 0.6 is 0 Å². The van der Waals surface area contributed by atoms with Crippen molar-refractivity contribution in [3.63, 3.8) is 0 Å². The van der Waals surface area contributed by atoms with Crippen molar-refractivity contribution in [2.24, 2.45) is 5.41 Å². The summed E-state index contributed by atoms with van der Waals surface area (Å²) in [7, 11) is 0. The van der Waals surface area contributed by atoms with Crippen molar-refractivity contribution in [3.05, 3.63) is 29.8 Å². The first-order chi connectivity index (χ1) is 13.6. The third kappa shape index (κ3) is 4.85. The van der Waals surface area contributed by atoms with Crippen molar-refractivity contribution in [1.82, 2.24) is 4.90 Å². The second kappa shape index (κ2) is 9.41. The summed E-state index contributed by atoms with van der Waals surface area (Å²) in [4.78, 5) is 25.6. The highest BCUT2D eigenvalue weighted by Crippen LogP contribution is 2.48. The van der Waals surface area contributed by atoms with Gasteiger partial charge < -0.3 is 14.7 Å². The highest BCUT2D eigenvalue weighted by molar-refractivity contribution is 5.79. The van der Waals surface area contributed by atoms with Crippen molar-refractivity contribution >= 4 is 18.1 Å². The summed E-state index contributed by atoms with van der Waals surface area (Å²) in [6.45, 7) is 7.29. The van der Waals surface area contributed by atoms with E-state index in [1.165, 1.54) is 24.1 Å². The van der Waals surface area contributed by atoms with Crippen LogP contribution in [0.25, 0.3) is 0 Å². The van der Waals surface area contributed by atoms with Crippen molar-refractivity contribution in [2.45, 2.75) is 51.6 Å². The highest BCUT2D eigenvalue weighted by atomic mass is 16.6. The molecule has 6 heteroatoms. The lowest BCUT2D eigenvalue weighted by molar-refractivity contribution is -0.148. The first-order valence-electron chi connectivity index (χ1n) is 10.4. The summed E-state index contributed by atoms with van der Waals surface area (Å²) in [5.41, 5.74) is 2.54. The first kappa shape index (κ1) is 20.6. The Hall–Kier alpha value is -2.08. The van der Waals surface area contributed by atoms with E-state index in [2.05, 4.69) is 41.0 Å². The van der Waals surface area contributed by atoms with E-state index >= 15 is 0 Å². The molecule has 1 aliphatic carbocycles. The van der Waals surface area contributed by atoms with Crippen molar-refractivity contribution in [1.29, 1.82) is 0 Å². The molecule has 1 N–H and O–H groups in total. The van der Waals surface area contributed by atoms with Crippen LogP contribution in [0.15, 0.2) is 24.3 Å². The summed E-state index contributed by atoms with van der Waals surface area (Å²) >= 11 is 0. The van der Waals surface area contributed by atoms with Crippen LogP contribution in [-0.4, -0.2) is 61.3 Å². The molecule has 0 radical (unpaired) electrons. The molecule has 1 aromatic carbocycles. The lowest BCUT2D eigenvalue weighted by atomic mass is 9.83. The summed E-state index contributed by atoms with van der Waals surface area (Å²) < 4.78 is 5.72. The second-order valence-electron chi connectivity index (χ2n) is 8.28. The third-order valence-corrected chi connectivity index (χ3v) is 6.42. The Morgan fingerprint density at radius 3 is 2.36 bits per heavy atom. The maximum absolute atomic E-state index is 12.2. The molecule has 3 aliphatic rings. The quantitative estimate of drug-likeness (QED) is 0.631. The zero-order valence-corrected chi connectivity index (χ0v) is 16.8. The fourth-order valence-electron chi connectivity index (χ4n) is 4.77. The molecule has 3 fully saturated rings. The summed E-state index contributed by atoms with van der Waals surface area (Å²) in [5, 5.41) is 6.89. The number of esters is 1. The van der Waals surface area contributed by atoms with E-state index in [4.69, 9.17) is 14.6 Å². The van der Waals surface area contributed by atoms with Crippen LogP contribution in [0, 0.1) is 12.3 Å². The molecule has 1 unspecified atom stereocenters. The molecule has 154 valence electrons. The van der Waals surface area contributed by atoms with E-state index in [1.807, 2.05) is 0 Å². The number of anilines is 1. The molecule has 1 saturated carbocycles. The average molecular weight is 389 g/mol. The van der Waals surface area contributed by atoms with Gasteiger partial charge in [-0.05, 0) is 38.3 Å². The van der Waals surface area contributed by atoms with Crippen LogP contribution < -0.4 is 4.90 Å². The second-order valence-corrected chi connectivity index (χ2v) is 8.28. The van der Waals surface area contributed by atoms with Gasteiger partial charge in [0.1, 0.15) is 6.10 Å². The van der Waals surface area contributed by atoms with Crippen molar-refractivity contribution in [2.75, 3.05) is 37.6 Å². The highest BCUT2D eigenvalue weighted by Gasteiger charge is 2.50. The average Bonchev–Trinajstić information content (AvgIpc) is 3.29. The first-order valence-corrected chi connectivity index (χ1v) is 10.4. The fraction of sp³-hybridized carbons (Fsp3) is 0.636. The lowest BCUT2D eigenvalue weighted by Gasteiger charge is -2.36. The van der Waals surface area contributed by atoms with Gasteiger partial charge in [-0.3, -0.25) is 14.5 Å². The third-order valence-electron chi connectivity index (χ3n) is 6.42. The van der Waals surface area contributed by atoms with E-state index < -0.39 is 0 Å². The van der Waals surface area contributed by atoms with E-state index in [1.54, 1.807) is 0 Å². The molecular formula is C22H32N2O4. The predicted octanol–water partition coefficient (Wildman–Crippen LogP) is 3.08. The van der Waals surface area contributed by atoms with Crippen LogP contribution in [-0.2, 0) is 14.3 Å². The van der Waals surface area contributed by atoms with Gasteiger partial charge >= 0.3 is 5.97 Å². The molecule has 2 heterocycles. The number of carbonyl (C=O) groups is 2. The Morgan fingerprint density at radius 2 is 1.75 bits per heavy atom. The number of rotatable bonds is 4. The number of cyclic esters (lactones) is 1. The van der Waals surface area contributed by atoms with Gasteiger partial charge in [-0.2, -0.15) is 0 Å². The zero-order chi connectivity index (χ0) is 20.0. The van der Waals surface area contributed by atoms with Crippen LogP contribution in [0.1, 0.15) is 44.1 Å². The van der Waals surface area contributed by atoms with Gasteiger partial charge in [0.15, 0.2) is 0 Å². The van der Waals surface area contributed by atoms with Gasteiger partial charge in [0.25, 0.3) is 6.47 Å². The largest absolute Gasteiger partial charge is 0.483 e. The number of nitrogens with zero attached hydrogens (tertiary/aromatic N) is 2. The minimum Gasteiger partial charge on any atom is -0.483 e. The Morgan fingerprint density at radius 1 is 1.14 bits per heavy atom. The smallest absolute Gasteiger partial charge is 0.312 e. The Bertz CT molecular complexity index is 647. The Kier molecular flexibility index (Phi) is 6.94. The SMILES string of the molecule is Cc1ccc(N2CCN(CCC3CC4(CCCC4)C(=O)O3)CC2)cc1.O=CO. The summed E-state index contributed by atoms with van der Waals surface area (Å²) in [6, 6.07) is 8.83. The van der Waals surface area contributed by atoms with E-state index in [0.29, 0.717) is 0 Å². The van der Waals surface area contributed by atoms with Crippen LogP contribution in [0.3, 0.4) is 0 Å². The minimum absolute atomic E-state index is 0.0965. The van der Waals surface area contributed by atoms with Gasteiger partial charge in [0.2, 0.25) is 0 Å². The van der Waals surface area contributed by atoms with Crippen molar-refractivity contribution < 1.29 is 19.4 Å². The molecule has 0 bridgehead atoms. The van der Waals surface area contributed by atoms with Gasteiger partial charge in [-0.15, -0.1) is 0 Å². The minimum atomic E-state index is -0.250. The predicted molar refractivity (Wildman–Crippen MR) is 109 cm³/mol. The molecule has 4 rings (SSSR count). The Balaban J connectivity index is 0.000000706. The summed E-state index contributed by atoms with van der Waals surface area (Å²) in [6.07, 6.45) is 6.62. The number of hydrogen-bond acceptors (Lipinski definition) is 5. The van der Waals surface area contributed by atoms with E-state index in [0.717, 1.165) is 58.4 Å². The van der Waals surface area contributed by atoms with Gasteiger partial charge in [0.05, 0.1) is 5.41 Å². The number of carbonyl (C=O) groups excluding carboxylic acids is 1. The molecule has 1 spiro atoms. The van der Waals surface area contributed by atoms with Crippen LogP contribution in [0.2, 0.25) is 0 Å². The molecular weight excluding hydrogens is 356 g/mol. The van der Waals surface area contributed by atoms with Crippen molar-refractivity contribution in [3.8, 4) is 0 Å². The molecule has 0 amide bonds. The molecule has 28 heavy (non-hydrogen) atoms. The molecule has 6 nitrogen and oxygen atoms in total. The molecule has 2 saturated heterocycles. The molecule has 1 atom stereocenters. The monoisotopic (exact) mass is 388 g/mol. The molecule has 2 aliphatic heterocycles. The van der Waals surface area contributed by atoms with E-state index in [9.17, 15) is 4.79 Å². The van der Waals surface area contributed by atoms with Gasteiger partial charge in [-0.1, -0.05) is 30.5 Å².